The van der Waals surface area contributed by atoms with Crippen molar-refractivity contribution in [3.63, 3.8) is 0 Å². The Labute approximate surface area is 211 Å². The predicted molar refractivity (Wildman–Crippen MR) is 130 cm³/mol. The van der Waals surface area contributed by atoms with Gasteiger partial charge in [0, 0.05) is 22.6 Å². The van der Waals surface area contributed by atoms with Crippen LogP contribution >= 0.6 is 11.8 Å². The van der Waals surface area contributed by atoms with Crippen molar-refractivity contribution in [3.05, 3.63) is 58.9 Å². The van der Waals surface area contributed by atoms with Crippen LogP contribution in [0.3, 0.4) is 0 Å². The lowest BCUT2D eigenvalue weighted by Crippen LogP contribution is -2.33. The first kappa shape index (κ1) is 26.4. The van der Waals surface area contributed by atoms with E-state index in [4.69, 9.17) is 0 Å². The zero-order valence-corrected chi connectivity index (χ0v) is 21.3. The molecule has 1 aliphatic rings. The molecule has 1 fully saturated rings. The standard InChI is InChI=1S/C25H29F4N5OS/c1-16-13-21(17(2)33(16)15-25(27,28)29)22(35)14-36-24-31-30-23(18(3)32-11-5-4-6-12-32)34(24)20-9-7-19(26)8-10-20/h7-10,13,18H,4-6,11-12,14-15H2,1-3H3. The van der Waals surface area contributed by atoms with Crippen LogP contribution in [0.2, 0.25) is 0 Å². The van der Waals surface area contributed by atoms with Crippen molar-refractivity contribution in [1.82, 2.24) is 24.2 Å². The van der Waals surface area contributed by atoms with Crippen molar-refractivity contribution in [2.24, 2.45) is 0 Å². The third-order valence-electron chi connectivity index (χ3n) is 6.60. The minimum Gasteiger partial charge on any atom is -0.339 e. The highest BCUT2D eigenvalue weighted by Crippen LogP contribution is 2.30. The van der Waals surface area contributed by atoms with Gasteiger partial charge < -0.3 is 4.57 Å². The quantitative estimate of drug-likeness (QED) is 0.209. The average Bonchev–Trinajstić information content (AvgIpc) is 3.38. The molecule has 1 unspecified atom stereocenters. The fraction of sp³-hybridized carbons (Fsp3) is 0.480. The van der Waals surface area contributed by atoms with Gasteiger partial charge in [-0.05, 0) is 77.0 Å². The number of nitrogens with zero attached hydrogens (tertiary/aromatic N) is 5. The molecular weight excluding hydrogens is 494 g/mol. The van der Waals surface area contributed by atoms with Crippen molar-refractivity contribution in [3.8, 4) is 5.69 Å². The van der Waals surface area contributed by atoms with Crippen LogP contribution in [0, 0.1) is 19.7 Å². The lowest BCUT2D eigenvalue weighted by molar-refractivity contribution is -0.141. The number of thioether (sulfide) groups is 1. The highest BCUT2D eigenvalue weighted by atomic mass is 32.2. The van der Waals surface area contributed by atoms with E-state index in [9.17, 15) is 22.4 Å². The fourth-order valence-electron chi connectivity index (χ4n) is 4.66. The topological polar surface area (TPSA) is 56.0 Å². The molecule has 3 aromatic rings. The molecule has 0 radical (unpaired) electrons. The molecule has 1 aliphatic heterocycles. The summed E-state index contributed by atoms with van der Waals surface area (Å²) in [5, 5.41) is 9.24. The van der Waals surface area contributed by atoms with E-state index < -0.39 is 12.7 Å². The summed E-state index contributed by atoms with van der Waals surface area (Å²) in [7, 11) is 0. The third-order valence-corrected chi connectivity index (χ3v) is 7.53. The number of hydrogen-bond acceptors (Lipinski definition) is 5. The Bertz CT molecular complexity index is 1210. The Kier molecular flexibility index (Phi) is 7.89. The lowest BCUT2D eigenvalue weighted by atomic mass is 10.1. The van der Waals surface area contributed by atoms with Crippen LogP contribution in [-0.2, 0) is 6.54 Å². The molecular formula is C25H29F4N5OS. The number of benzene rings is 1. The molecule has 0 bridgehead atoms. The number of likely N-dealkylation sites (tertiary alicyclic amines) is 1. The van der Waals surface area contributed by atoms with Crippen molar-refractivity contribution in [2.45, 2.75) is 64.0 Å². The molecule has 0 spiro atoms. The number of ketones is 1. The van der Waals surface area contributed by atoms with Crippen LogP contribution in [0.5, 0.6) is 0 Å². The maximum atomic E-state index is 13.6. The minimum atomic E-state index is -4.38. The zero-order chi connectivity index (χ0) is 26.0. The van der Waals surface area contributed by atoms with Crippen LogP contribution in [0.1, 0.15) is 59.8 Å². The van der Waals surface area contributed by atoms with Gasteiger partial charge in [0.2, 0.25) is 0 Å². The Morgan fingerprint density at radius 1 is 1.08 bits per heavy atom. The highest BCUT2D eigenvalue weighted by Gasteiger charge is 2.31. The van der Waals surface area contributed by atoms with Gasteiger partial charge in [-0.3, -0.25) is 14.3 Å². The molecule has 11 heteroatoms. The molecule has 1 atom stereocenters. The highest BCUT2D eigenvalue weighted by molar-refractivity contribution is 7.99. The van der Waals surface area contributed by atoms with Gasteiger partial charge in [-0.15, -0.1) is 10.2 Å². The second-order valence-electron chi connectivity index (χ2n) is 9.12. The van der Waals surface area contributed by atoms with Gasteiger partial charge in [-0.25, -0.2) is 4.39 Å². The molecule has 0 N–H and O–H groups in total. The summed E-state index contributed by atoms with van der Waals surface area (Å²) in [5.74, 6) is 0.0203. The smallest absolute Gasteiger partial charge is 0.339 e. The minimum absolute atomic E-state index is 0.0201. The van der Waals surface area contributed by atoms with Crippen molar-refractivity contribution >= 4 is 17.5 Å². The SMILES string of the molecule is Cc1cc(C(=O)CSc2nnc(C(C)N3CCCCC3)n2-c2ccc(F)cc2)c(C)n1CC(F)(F)F. The Morgan fingerprint density at radius 2 is 1.75 bits per heavy atom. The second-order valence-corrected chi connectivity index (χ2v) is 10.1. The van der Waals surface area contributed by atoms with E-state index in [2.05, 4.69) is 22.0 Å². The number of Topliss-reactive ketones (excluding diaryl/α,β-unsaturated/α-hetero) is 1. The van der Waals surface area contributed by atoms with E-state index >= 15 is 0 Å². The number of carbonyl (C=O) groups is 1. The maximum absolute atomic E-state index is 13.6. The number of piperidine rings is 1. The number of halogens is 4. The second kappa shape index (κ2) is 10.8. The monoisotopic (exact) mass is 523 g/mol. The van der Waals surface area contributed by atoms with Gasteiger partial charge in [0.15, 0.2) is 16.8 Å². The van der Waals surface area contributed by atoms with Crippen molar-refractivity contribution in [1.29, 1.82) is 0 Å². The van der Waals surface area contributed by atoms with Crippen LogP contribution in [-0.4, -0.2) is 55.0 Å². The van der Waals surface area contributed by atoms with Crippen molar-refractivity contribution in [2.75, 3.05) is 18.8 Å². The summed E-state index contributed by atoms with van der Waals surface area (Å²) in [5.41, 5.74) is 1.61. The normalized spacial score (nSPS) is 15.9. The Hall–Kier alpha value is -2.66. The summed E-state index contributed by atoms with van der Waals surface area (Å²) in [6.45, 7) is 5.91. The number of alkyl halides is 3. The molecule has 0 amide bonds. The number of aryl methyl sites for hydroxylation is 1. The summed E-state index contributed by atoms with van der Waals surface area (Å²) >= 11 is 1.17. The maximum Gasteiger partial charge on any atom is 0.406 e. The summed E-state index contributed by atoms with van der Waals surface area (Å²) in [4.78, 5) is 15.4. The van der Waals surface area contributed by atoms with Crippen LogP contribution in [0.25, 0.3) is 5.69 Å². The van der Waals surface area contributed by atoms with Gasteiger partial charge in [-0.2, -0.15) is 13.2 Å². The molecule has 36 heavy (non-hydrogen) atoms. The first-order valence-electron chi connectivity index (χ1n) is 11.9. The molecule has 3 heterocycles. The van der Waals surface area contributed by atoms with Gasteiger partial charge in [-0.1, -0.05) is 18.2 Å². The zero-order valence-electron chi connectivity index (χ0n) is 20.5. The summed E-state index contributed by atoms with van der Waals surface area (Å²) in [6.07, 6.45) is -0.965. The van der Waals surface area contributed by atoms with Gasteiger partial charge in [0.05, 0.1) is 11.8 Å². The molecule has 0 saturated carbocycles. The molecule has 6 nitrogen and oxygen atoms in total. The lowest BCUT2D eigenvalue weighted by Gasteiger charge is -2.31. The van der Waals surface area contributed by atoms with E-state index in [-0.39, 0.29) is 34.7 Å². The predicted octanol–water partition coefficient (Wildman–Crippen LogP) is 5.91. The number of carbonyl (C=O) groups excluding carboxylic acids is 1. The molecule has 1 aromatic carbocycles. The first-order valence-corrected chi connectivity index (χ1v) is 12.9. The largest absolute Gasteiger partial charge is 0.406 e. The van der Waals surface area contributed by atoms with Gasteiger partial charge >= 0.3 is 6.18 Å². The van der Waals surface area contributed by atoms with E-state index in [1.807, 2.05) is 4.57 Å². The molecule has 4 rings (SSSR count). The van der Waals surface area contributed by atoms with Gasteiger partial charge in [0.1, 0.15) is 12.4 Å². The van der Waals surface area contributed by atoms with Crippen LogP contribution < -0.4 is 0 Å². The molecule has 2 aromatic heterocycles. The molecule has 1 saturated heterocycles. The van der Waals surface area contributed by atoms with Crippen molar-refractivity contribution < 1.29 is 22.4 Å². The van der Waals surface area contributed by atoms with E-state index in [1.54, 1.807) is 19.1 Å². The molecule has 194 valence electrons. The van der Waals surface area contributed by atoms with Crippen LogP contribution in [0.15, 0.2) is 35.5 Å². The Balaban J connectivity index is 1.59. The molecule has 0 aliphatic carbocycles. The fourth-order valence-corrected chi connectivity index (χ4v) is 5.50. The Morgan fingerprint density at radius 3 is 2.39 bits per heavy atom. The number of rotatable bonds is 8. The first-order chi connectivity index (χ1) is 17.0. The third kappa shape index (κ3) is 5.83. The number of aromatic nitrogens is 4. The van der Waals surface area contributed by atoms with E-state index in [0.717, 1.165) is 30.5 Å². The van der Waals surface area contributed by atoms with E-state index in [1.165, 1.54) is 43.3 Å². The van der Waals surface area contributed by atoms with E-state index in [0.29, 0.717) is 22.4 Å². The number of hydrogen-bond donors (Lipinski definition) is 0. The van der Waals surface area contributed by atoms with Crippen LogP contribution in [0.4, 0.5) is 17.6 Å². The summed E-state index contributed by atoms with van der Waals surface area (Å²) in [6, 6.07) is 7.47. The summed E-state index contributed by atoms with van der Waals surface area (Å²) < 4.78 is 55.4. The van der Waals surface area contributed by atoms with Gasteiger partial charge in [0.25, 0.3) is 0 Å². The average molecular weight is 524 g/mol.